The highest BCUT2D eigenvalue weighted by Gasteiger charge is 2.56. The summed E-state index contributed by atoms with van der Waals surface area (Å²) in [4.78, 5) is 2.35. The standard InChI is InChI=1S/C16H25NO2S/c1-15(2,3)13-7-5-11(20-13)14(18)16(9-17)8-10-4-6-12(16)19-10/h5,7,10,12,14,18H,4,6,8-9,17H2,1-3H3. The van der Waals surface area contributed by atoms with E-state index in [0.717, 1.165) is 24.1 Å². The first-order valence-corrected chi connectivity index (χ1v) is 8.32. The lowest BCUT2D eigenvalue weighted by Crippen LogP contribution is -2.44. The van der Waals surface area contributed by atoms with Gasteiger partial charge in [0.2, 0.25) is 0 Å². The van der Waals surface area contributed by atoms with Gasteiger partial charge in [-0.15, -0.1) is 11.3 Å². The maximum absolute atomic E-state index is 10.9. The smallest absolute Gasteiger partial charge is 0.0975 e. The fourth-order valence-corrected chi connectivity index (χ4v) is 4.81. The van der Waals surface area contributed by atoms with Gasteiger partial charge in [-0.1, -0.05) is 20.8 Å². The maximum Gasteiger partial charge on any atom is 0.0975 e. The SMILES string of the molecule is CC(C)(C)c1ccc(C(O)C2(CN)CC3CCC2O3)s1. The topological polar surface area (TPSA) is 55.5 Å². The predicted molar refractivity (Wildman–Crippen MR) is 82.0 cm³/mol. The first-order chi connectivity index (χ1) is 9.37. The molecule has 1 aromatic heterocycles. The quantitative estimate of drug-likeness (QED) is 0.901. The first kappa shape index (κ1) is 14.5. The lowest BCUT2D eigenvalue weighted by molar-refractivity contribution is -0.0245. The molecule has 4 atom stereocenters. The molecule has 4 heteroatoms. The molecule has 112 valence electrons. The van der Waals surface area contributed by atoms with Crippen LogP contribution in [0.2, 0.25) is 0 Å². The highest BCUT2D eigenvalue weighted by Crippen LogP contribution is 2.54. The van der Waals surface area contributed by atoms with E-state index in [9.17, 15) is 5.11 Å². The summed E-state index contributed by atoms with van der Waals surface area (Å²) in [7, 11) is 0. The van der Waals surface area contributed by atoms with Gasteiger partial charge >= 0.3 is 0 Å². The molecule has 3 nitrogen and oxygen atoms in total. The molecule has 2 aliphatic heterocycles. The molecule has 0 amide bonds. The van der Waals surface area contributed by atoms with E-state index in [-0.39, 0.29) is 16.9 Å². The monoisotopic (exact) mass is 295 g/mol. The van der Waals surface area contributed by atoms with E-state index in [4.69, 9.17) is 10.5 Å². The Morgan fingerprint density at radius 2 is 2.20 bits per heavy atom. The molecule has 4 unspecified atom stereocenters. The Hall–Kier alpha value is -0.420. The van der Waals surface area contributed by atoms with E-state index in [1.54, 1.807) is 11.3 Å². The highest BCUT2D eigenvalue weighted by molar-refractivity contribution is 7.12. The van der Waals surface area contributed by atoms with Crippen LogP contribution in [0.3, 0.4) is 0 Å². The summed E-state index contributed by atoms with van der Waals surface area (Å²) in [5.74, 6) is 0. The third-order valence-corrected chi connectivity index (χ3v) is 6.48. The minimum Gasteiger partial charge on any atom is -0.387 e. The summed E-state index contributed by atoms with van der Waals surface area (Å²) in [5.41, 5.74) is 5.90. The summed E-state index contributed by atoms with van der Waals surface area (Å²) in [6, 6.07) is 4.21. The molecule has 20 heavy (non-hydrogen) atoms. The molecular formula is C16H25NO2S. The van der Waals surface area contributed by atoms with Crippen molar-refractivity contribution in [1.82, 2.24) is 0 Å². The fourth-order valence-electron chi connectivity index (χ4n) is 3.63. The van der Waals surface area contributed by atoms with Crippen LogP contribution in [-0.4, -0.2) is 23.9 Å². The number of aliphatic hydroxyl groups excluding tert-OH is 1. The van der Waals surface area contributed by atoms with Crippen LogP contribution < -0.4 is 5.73 Å². The van der Waals surface area contributed by atoms with Crippen molar-refractivity contribution >= 4 is 11.3 Å². The van der Waals surface area contributed by atoms with E-state index in [1.807, 2.05) is 0 Å². The molecule has 3 N–H and O–H groups in total. The Morgan fingerprint density at radius 1 is 1.45 bits per heavy atom. The summed E-state index contributed by atoms with van der Waals surface area (Å²) >= 11 is 1.71. The van der Waals surface area contributed by atoms with Crippen molar-refractivity contribution in [2.75, 3.05) is 6.54 Å². The number of rotatable bonds is 3. The van der Waals surface area contributed by atoms with Gasteiger partial charge in [0, 0.05) is 21.7 Å². The van der Waals surface area contributed by atoms with Gasteiger partial charge in [0.1, 0.15) is 0 Å². The average Bonchev–Trinajstić information content (AvgIpc) is 3.11. The number of ether oxygens (including phenoxy) is 1. The molecule has 2 saturated heterocycles. The van der Waals surface area contributed by atoms with Crippen LogP contribution in [0, 0.1) is 5.41 Å². The van der Waals surface area contributed by atoms with Gasteiger partial charge in [0.25, 0.3) is 0 Å². The average molecular weight is 295 g/mol. The Bertz CT molecular complexity index is 493. The number of thiophene rings is 1. The third-order valence-electron chi connectivity index (χ3n) is 4.92. The van der Waals surface area contributed by atoms with Gasteiger partial charge in [0.15, 0.2) is 0 Å². The van der Waals surface area contributed by atoms with Gasteiger partial charge in [-0.3, -0.25) is 0 Å². The molecule has 2 bridgehead atoms. The number of nitrogens with two attached hydrogens (primary N) is 1. The summed E-state index contributed by atoms with van der Waals surface area (Å²) in [6.45, 7) is 7.11. The van der Waals surface area contributed by atoms with Gasteiger partial charge in [-0.2, -0.15) is 0 Å². The van der Waals surface area contributed by atoms with Crippen LogP contribution >= 0.6 is 11.3 Å². The molecule has 0 radical (unpaired) electrons. The van der Waals surface area contributed by atoms with Crippen LogP contribution in [0.15, 0.2) is 12.1 Å². The highest BCUT2D eigenvalue weighted by atomic mass is 32.1. The summed E-state index contributed by atoms with van der Waals surface area (Å²) in [5, 5.41) is 10.9. The predicted octanol–water partition coefficient (Wildman–Crippen LogP) is 2.98. The van der Waals surface area contributed by atoms with Crippen LogP contribution in [0.1, 0.15) is 55.9 Å². The molecule has 3 rings (SSSR count). The third kappa shape index (κ3) is 2.13. The fraction of sp³-hybridized carbons (Fsp3) is 0.750. The zero-order valence-electron chi connectivity index (χ0n) is 12.6. The Labute approximate surface area is 125 Å². The molecule has 3 heterocycles. The minimum absolute atomic E-state index is 0.129. The molecular weight excluding hydrogens is 270 g/mol. The second-order valence-corrected chi connectivity index (χ2v) is 8.44. The van der Waals surface area contributed by atoms with Crippen molar-refractivity contribution in [2.24, 2.45) is 11.1 Å². The van der Waals surface area contributed by atoms with E-state index in [1.165, 1.54) is 4.88 Å². The van der Waals surface area contributed by atoms with Gasteiger partial charge in [-0.05, 0) is 36.8 Å². The van der Waals surface area contributed by atoms with Crippen molar-refractivity contribution < 1.29 is 9.84 Å². The zero-order chi connectivity index (χ0) is 14.5. The lowest BCUT2D eigenvalue weighted by atomic mass is 9.69. The Kier molecular flexibility index (Phi) is 3.49. The van der Waals surface area contributed by atoms with Crippen LogP contribution in [-0.2, 0) is 10.2 Å². The Morgan fingerprint density at radius 3 is 2.65 bits per heavy atom. The number of hydrogen-bond acceptors (Lipinski definition) is 4. The van der Waals surface area contributed by atoms with Crippen molar-refractivity contribution in [3.05, 3.63) is 21.9 Å². The van der Waals surface area contributed by atoms with Crippen LogP contribution in [0.5, 0.6) is 0 Å². The number of hydrogen-bond donors (Lipinski definition) is 2. The van der Waals surface area contributed by atoms with Crippen LogP contribution in [0.4, 0.5) is 0 Å². The molecule has 2 aliphatic rings. The molecule has 0 aromatic carbocycles. The molecule has 0 aliphatic carbocycles. The summed E-state index contributed by atoms with van der Waals surface area (Å²) in [6.07, 6.45) is 3.00. The van der Waals surface area contributed by atoms with Crippen molar-refractivity contribution in [2.45, 2.75) is 63.8 Å². The number of aliphatic hydroxyl groups is 1. The molecule has 0 saturated carbocycles. The van der Waals surface area contributed by atoms with Gasteiger partial charge in [-0.25, -0.2) is 0 Å². The van der Waals surface area contributed by atoms with E-state index >= 15 is 0 Å². The van der Waals surface area contributed by atoms with E-state index in [0.29, 0.717) is 12.6 Å². The molecule has 0 spiro atoms. The first-order valence-electron chi connectivity index (χ1n) is 7.50. The lowest BCUT2D eigenvalue weighted by Gasteiger charge is -2.38. The van der Waals surface area contributed by atoms with Crippen molar-refractivity contribution in [3.8, 4) is 0 Å². The second kappa shape index (κ2) is 4.80. The zero-order valence-corrected chi connectivity index (χ0v) is 13.4. The van der Waals surface area contributed by atoms with Crippen molar-refractivity contribution in [3.63, 3.8) is 0 Å². The minimum atomic E-state index is -0.496. The maximum atomic E-state index is 10.9. The number of fused-ring (bicyclic) bond motifs is 2. The van der Waals surface area contributed by atoms with Crippen molar-refractivity contribution in [1.29, 1.82) is 0 Å². The molecule has 1 aromatic rings. The second-order valence-electron chi connectivity index (χ2n) is 7.32. The van der Waals surface area contributed by atoms with Gasteiger partial charge < -0.3 is 15.6 Å². The van der Waals surface area contributed by atoms with E-state index in [2.05, 4.69) is 32.9 Å². The largest absolute Gasteiger partial charge is 0.387 e. The van der Waals surface area contributed by atoms with Crippen LogP contribution in [0.25, 0.3) is 0 Å². The molecule has 2 fully saturated rings. The normalized spacial score (nSPS) is 34.6. The van der Waals surface area contributed by atoms with E-state index < -0.39 is 6.10 Å². The summed E-state index contributed by atoms with van der Waals surface area (Å²) < 4.78 is 5.96. The van der Waals surface area contributed by atoms with Gasteiger partial charge in [0.05, 0.1) is 18.3 Å². The Balaban J connectivity index is 1.88.